The van der Waals surface area contributed by atoms with E-state index in [4.69, 9.17) is 4.74 Å². The minimum atomic E-state index is 0.696. The van der Waals surface area contributed by atoms with Gasteiger partial charge >= 0.3 is 0 Å². The van der Waals surface area contributed by atoms with Crippen LogP contribution in [0, 0.1) is 0 Å². The fraction of sp³-hybridized carbons (Fsp3) is 0.444. The highest BCUT2D eigenvalue weighted by Gasteiger charge is 2.12. The molecule has 0 atom stereocenters. The molecule has 0 aromatic carbocycles. The van der Waals surface area contributed by atoms with E-state index in [1.165, 1.54) is 0 Å². The Hall–Kier alpha value is -1.29. The van der Waals surface area contributed by atoms with Gasteiger partial charge in [-0.15, -0.1) is 0 Å². The predicted molar refractivity (Wildman–Crippen MR) is 48.6 cm³/mol. The summed E-state index contributed by atoms with van der Waals surface area (Å²) in [6.45, 7) is 3.15. The van der Waals surface area contributed by atoms with Crippen molar-refractivity contribution < 1.29 is 9.53 Å². The molecule has 0 radical (unpaired) electrons. The third-order valence-corrected chi connectivity index (χ3v) is 2.17. The molecular formula is C9H12N2O2. The predicted octanol–water partition coefficient (Wildman–Crippen LogP) is 0.269. The van der Waals surface area contributed by atoms with Crippen LogP contribution in [0.3, 0.4) is 0 Å². The first-order chi connectivity index (χ1) is 6.42. The van der Waals surface area contributed by atoms with Crippen molar-refractivity contribution in [3.8, 4) is 0 Å². The average molecular weight is 180 g/mol. The molecule has 2 rings (SSSR count). The lowest BCUT2D eigenvalue weighted by atomic mass is 10.5. The maximum atomic E-state index is 10.7. The molecule has 2 heterocycles. The number of hydrogen-bond donors (Lipinski definition) is 0. The summed E-state index contributed by atoms with van der Waals surface area (Å²) >= 11 is 0. The highest BCUT2D eigenvalue weighted by molar-refractivity contribution is 5.72. The van der Waals surface area contributed by atoms with Crippen molar-refractivity contribution in [1.29, 1.82) is 0 Å². The summed E-state index contributed by atoms with van der Waals surface area (Å²) in [7, 11) is 0. The van der Waals surface area contributed by atoms with Gasteiger partial charge in [-0.05, 0) is 12.1 Å². The molecule has 1 fully saturated rings. The van der Waals surface area contributed by atoms with E-state index in [9.17, 15) is 4.79 Å². The summed E-state index contributed by atoms with van der Waals surface area (Å²) < 4.78 is 7.11. The Labute approximate surface area is 76.7 Å². The Morgan fingerprint density at radius 3 is 2.85 bits per heavy atom. The number of carbonyl (C=O) groups excluding carboxylic acids is 1. The Morgan fingerprint density at radius 2 is 2.15 bits per heavy atom. The zero-order valence-corrected chi connectivity index (χ0v) is 7.35. The van der Waals surface area contributed by atoms with Gasteiger partial charge in [0.15, 0.2) is 6.29 Å². The first kappa shape index (κ1) is 8.31. The monoisotopic (exact) mass is 180 g/mol. The van der Waals surface area contributed by atoms with E-state index in [-0.39, 0.29) is 0 Å². The molecule has 4 nitrogen and oxygen atoms in total. The Kier molecular flexibility index (Phi) is 2.31. The molecular weight excluding hydrogens is 168 g/mol. The van der Waals surface area contributed by atoms with Gasteiger partial charge < -0.3 is 9.75 Å². The number of aldehydes is 1. The van der Waals surface area contributed by atoms with Crippen LogP contribution in [0.4, 0.5) is 0 Å². The maximum Gasteiger partial charge on any atom is 0.168 e. The van der Waals surface area contributed by atoms with Gasteiger partial charge in [0.25, 0.3) is 0 Å². The molecule has 1 aliphatic heterocycles. The van der Waals surface area contributed by atoms with E-state index in [0.717, 1.165) is 32.6 Å². The molecule has 0 amide bonds. The zero-order valence-electron chi connectivity index (χ0n) is 7.35. The molecule has 70 valence electrons. The number of rotatable bonds is 2. The lowest BCUT2D eigenvalue weighted by molar-refractivity contribution is 0.106. The number of carbonyl (C=O) groups is 1. The van der Waals surface area contributed by atoms with Gasteiger partial charge in [0.05, 0.1) is 26.3 Å². The first-order valence-electron chi connectivity index (χ1n) is 4.37. The summed E-state index contributed by atoms with van der Waals surface area (Å²) in [6.07, 6.45) is 2.77. The number of ether oxygens (including phenoxy) is 1. The Balaban J connectivity index is 2.17. The van der Waals surface area contributed by atoms with Crippen molar-refractivity contribution in [2.75, 3.05) is 31.3 Å². The molecule has 1 aromatic heterocycles. The van der Waals surface area contributed by atoms with Crippen molar-refractivity contribution in [3.63, 3.8) is 0 Å². The molecule has 1 aromatic rings. The first-order valence-corrected chi connectivity index (χ1v) is 4.37. The second kappa shape index (κ2) is 3.62. The zero-order chi connectivity index (χ0) is 9.10. The molecule has 0 bridgehead atoms. The SMILES string of the molecule is O=Cc1cccn1N1CCOCC1. The van der Waals surface area contributed by atoms with E-state index in [0.29, 0.717) is 5.69 Å². The summed E-state index contributed by atoms with van der Waals surface area (Å²) in [6, 6.07) is 3.68. The molecule has 1 saturated heterocycles. The van der Waals surface area contributed by atoms with Gasteiger partial charge in [-0.3, -0.25) is 9.47 Å². The topological polar surface area (TPSA) is 34.5 Å². The standard InChI is InChI=1S/C9H12N2O2/c12-8-9-2-1-3-11(9)10-4-6-13-7-5-10/h1-3,8H,4-7H2. The molecule has 1 aliphatic rings. The van der Waals surface area contributed by atoms with Crippen molar-refractivity contribution >= 4 is 6.29 Å². The molecule has 0 spiro atoms. The van der Waals surface area contributed by atoms with E-state index in [1.54, 1.807) is 0 Å². The van der Waals surface area contributed by atoms with Crippen LogP contribution in [-0.2, 0) is 4.74 Å². The summed E-state index contributed by atoms with van der Waals surface area (Å²) in [5.41, 5.74) is 0.696. The van der Waals surface area contributed by atoms with Gasteiger partial charge in [0.1, 0.15) is 5.69 Å². The number of aromatic nitrogens is 1. The van der Waals surface area contributed by atoms with Crippen LogP contribution in [0.2, 0.25) is 0 Å². The highest BCUT2D eigenvalue weighted by Crippen LogP contribution is 2.03. The van der Waals surface area contributed by atoms with Gasteiger partial charge in [-0.25, -0.2) is 0 Å². The van der Waals surface area contributed by atoms with Crippen LogP contribution < -0.4 is 5.01 Å². The lowest BCUT2D eigenvalue weighted by Gasteiger charge is -2.30. The summed E-state index contributed by atoms with van der Waals surface area (Å²) in [5.74, 6) is 0. The van der Waals surface area contributed by atoms with E-state index < -0.39 is 0 Å². The Morgan fingerprint density at radius 1 is 1.38 bits per heavy atom. The lowest BCUT2D eigenvalue weighted by Crippen LogP contribution is -2.44. The van der Waals surface area contributed by atoms with E-state index in [1.807, 2.05) is 23.0 Å². The maximum absolute atomic E-state index is 10.7. The molecule has 0 unspecified atom stereocenters. The van der Waals surface area contributed by atoms with Crippen molar-refractivity contribution in [2.45, 2.75) is 0 Å². The van der Waals surface area contributed by atoms with Crippen LogP contribution in [0.25, 0.3) is 0 Å². The molecule has 0 N–H and O–H groups in total. The van der Waals surface area contributed by atoms with Gasteiger partial charge in [0.2, 0.25) is 0 Å². The van der Waals surface area contributed by atoms with Crippen LogP contribution in [-0.4, -0.2) is 37.3 Å². The van der Waals surface area contributed by atoms with Crippen LogP contribution in [0.15, 0.2) is 18.3 Å². The van der Waals surface area contributed by atoms with Gasteiger partial charge in [0, 0.05) is 6.20 Å². The van der Waals surface area contributed by atoms with E-state index >= 15 is 0 Å². The average Bonchev–Trinajstić information content (AvgIpc) is 2.67. The molecule has 13 heavy (non-hydrogen) atoms. The molecule has 4 heteroatoms. The normalized spacial score (nSPS) is 17.4. The second-order valence-electron chi connectivity index (χ2n) is 2.96. The Bertz CT molecular complexity index is 290. The quantitative estimate of drug-likeness (QED) is 0.613. The smallest absolute Gasteiger partial charge is 0.168 e. The fourth-order valence-electron chi connectivity index (χ4n) is 1.51. The van der Waals surface area contributed by atoms with Crippen molar-refractivity contribution in [2.24, 2.45) is 0 Å². The minimum absolute atomic E-state index is 0.696. The molecule has 0 aliphatic carbocycles. The molecule has 0 saturated carbocycles. The fourth-order valence-corrected chi connectivity index (χ4v) is 1.51. The van der Waals surface area contributed by atoms with Gasteiger partial charge in [-0.2, -0.15) is 0 Å². The van der Waals surface area contributed by atoms with Crippen LogP contribution >= 0.6 is 0 Å². The highest BCUT2D eigenvalue weighted by atomic mass is 16.5. The number of hydrogen-bond acceptors (Lipinski definition) is 3. The van der Waals surface area contributed by atoms with Crippen molar-refractivity contribution in [3.05, 3.63) is 24.0 Å². The number of morpholine rings is 1. The van der Waals surface area contributed by atoms with Crippen LogP contribution in [0.5, 0.6) is 0 Å². The third-order valence-electron chi connectivity index (χ3n) is 2.17. The minimum Gasteiger partial charge on any atom is -0.378 e. The number of nitrogens with zero attached hydrogens (tertiary/aromatic N) is 2. The van der Waals surface area contributed by atoms with E-state index in [2.05, 4.69) is 5.01 Å². The summed E-state index contributed by atoms with van der Waals surface area (Å²) in [4.78, 5) is 10.7. The second-order valence-corrected chi connectivity index (χ2v) is 2.96. The van der Waals surface area contributed by atoms with Gasteiger partial charge in [-0.1, -0.05) is 0 Å². The summed E-state index contributed by atoms with van der Waals surface area (Å²) in [5, 5.41) is 2.10. The van der Waals surface area contributed by atoms with Crippen molar-refractivity contribution in [1.82, 2.24) is 4.68 Å². The largest absolute Gasteiger partial charge is 0.378 e. The third kappa shape index (κ3) is 1.58. The van der Waals surface area contributed by atoms with Crippen LogP contribution in [0.1, 0.15) is 10.5 Å².